The molecule has 0 saturated carbocycles. The van der Waals surface area contributed by atoms with Gasteiger partial charge in [0.05, 0.1) is 12.6 Å². The molecule has 0 radical (unpaired) electrons. The van der Waals surface area contributed by atoms with Crippen molar-refractivity contribution in [1.82, 2.24) is 10.6 Å². The summed E-state index contributed by atoms with van der Waals surface area (Å²) >= 11 is 0. The van der Waals surface area contributed by atoms with Crippen LogP contribution in [0.2, 0.25) is 0 Å². The Morgan fingerprint density at radius 2 is 2.10 bits per heavy atom. The van der Waals surface area contributed by atoms with Crippen LogP contribution in [0.1, 0.15) is 18.5 Å². The molecule has 0 aliphatic carbocycles. The highest BCUT2D eigenvalue weighted by Crippen LogP contribution is 2.16. The number of hydrogen-bond acceptors (Lipinski definition) is 4. The second-order valence-electron chi connectivity index (χ2n) is 4.91. The van der Waals surface area contributed by atoms with E-state index in [0.29, 0.717) is 18.8 Å². The maximum Gasteiger partial charge on any atom is 0.316 e. The molecule has 21 heavy (non-hydrogen) atoms. The molecular formula is C14H20N4O3. The van der Waals surface area contributed by atoms with E-state index in [4.69, 9.17) is 10.5 Å². The smallest absolute Gasteiger partial charge is 0.316 e. The summed E-state index contributed by atoms with van der Waals surface area (Å²) in [6, 6.07) is 6.38. The molecule has 0 bridgehead atoms. The first-order valence-electron chi connectivity index (χ1n) is 6.85. The number of benzene rings is 1. The van der Waals surface area contributed by atoms with Gasteiger partial charge in [0.25, 0.3) is 5.91 Å². The highest BCUT2D eigenvalue weighted by Gasteiger charge is 2.23. The summed E-state index contributed by atoms with van der Waals surface area (Å²) in [5.41, 5.74) is 6.59. The van der Waals surface area contributed by atoms with E-state index in [1.807, 2.05) is 19.1 Å². The normalized spacial score (nSPS) is 19.6. The molecule has 0 aromatic heterocycles. The molecule has 1 heterocycles. The number of nitrogens with two attached hydrogens (primary N) is 1. The molecule has 1 aliphatic rings. The summed E-state index contributed by atoms with van der Waals surface area (Å²) < 4.78 is 5.40. The highest BCUT2D eigenvalue weighted by atomic mass is 16.5. The first kappa shape index (κ1) is 15.3. The molecule has 114 valence electrons. The third kappa shape index (κ3) is 4.44. The summed E-state index contributed by atoms with van der Waals surface area (Å²) in [7, 11) is 0. The Labute approximate surface area is 123 Å². The molecule has 3 amide bonds. The van der Waals surface area contributed by atoms with Gasteiger partial charge in [-0.15, -0.1) is 0 Å². The number of urea groups is 1. The Balaban J connectivity index is 1.91. The Hall–Kier alpha value is -2.12. The zero-order chi connectivity index (χ0) is 15.2. The monoisotopic (exact) mass is 292 g/mol. The van der Waals surface area contributed by atoms with Crippen LogP contribution in [0.4, 0.5) is 10.5 Å². The lowest BCUT2D eigenvalue weighted by Crippen LogP contribution is -2.48. The molecule has 2 unspecified atom stereocenters. The largest absolute Gasteiger partial charge is 0.366 e. The number of carbonyl (C=O) groups excluding carboxylic acids is 2. The van der Waals surface area contributed by atoms with E-state index in [1.165, 1.54) is 0 Å². The summed E-state index contributed by atoms with van der Waals surface area (Å²) in [6.45, 7) is 3.73. The number of amides is 3. The first-order valence-corrected chi connectivity index (χ1v) is 6.85. The van der Waals surface area contributed by atoms with E-state index in [-0.39, 0.29) is 11.9 Å². The van der Waals surface area contributed by atoms with Crippen LogP contribution in [0.5, 0.6) is 0 Å². The van der Waals surface area contributed by atoms with Crippen LogP contribution in [-0.2, 0) is 9.53 Å². The molecule has 7 heteroatoms. The average molecular weight is 292 g/mol. The van der Waals surface area contributed by atoms with Crippen molar-refractivity contribution >= 4 is 17.6 Å². The van der Waals surface area contributed by atoms with Gasteiger partial charge in [0.1, 0.15) is 6.10 Å². The van der Waals surface area contributed by atoms with Crippen molar-refractivity contribution < 1.29 is 14.3 Å². The molecule has 1 fully saturated rings. The standard InChI is InChI=1S/C14H20N4O3/c1-9(17-13(19)12-8-16-6-7-21-12)10-2-4-11(5-3-10)18-14(15)20/h2-5,9,12,16H,6-8H2,1H3,(H,17,19)(H3,15,18,20). The molecule has 1 saturated heterocycles. The first-order chi connectivity index (χ1) is 10.1. The number of carbonyl (C=O) groups is 2. The van der Waals surface area contributed by atoms with Gasteiger partial charge >= 0.3 is 6.03 Å². The minimum Gasteiger partial charge on any atom is -0.366 e. The highest BCUT2D eigenvalue weighted by molar-refractivity contribution is 5.87. The predicted molar refractivity (Wildman–Crippen MR) is 78.8 cm³/mol. The molecule has 1 aliphatic heterocycles. The van der Waals surface area contributed by atoms with Gasteiger partial charge in [-0.1, -0.05) is 12.1 Å². The Morgan fingerprint density at radius 1 is 1.38 bits per heavy atom. The van der Waals surface area contributed by atoms with Crippen LogP contribution >= 0.6 is 0 Å². The van der Waals surface area contributed by atoms with Gasteiger partial charge in [0.15, 0.2) is 0 Å². The second-order valence-corrected chi connectivity index (χ2v) is 4.91. The van der Waals surface area contributed by atoms with E-state index in [1.54, 1.807) is 12.1 Å². The van der Waals surface area contributed by atoms with Crippen LogP contribution in [0.25, 0.3) is 0 Å². The summed E-state index contributed by atoms with van der Waals surface area (Å²) in [6.07, 6.45) is -0.447. The Kier molecular flexibility index (Phi) is 5.13. The van der Waals surface area contributed by atoms with Crippen molar-refractivity contribution in [3.8, 4) is 0 Å². The predicted octanol–water partition coefficient (Wildman–Crippen LogP) is 0.343. The maximum absolute atomic E-state index is 12.0. The SMILES string of the molecule is CC(NC(=O)C1CNCCO1)c1ccc(NC(N)=O)cc1. The third-order valence-electron chi connectivity index (χ3n) is 3.26. The van der Waals surface area contributed by atoms with Gasteiger partial charge in [0, 0.05) is 18.8 Å². The number of morpholine rings is 1. The Bertz CT molecular complexity index is 497. The zero-order valence-corrected chi connectivity index (χ0v) is 11.9. The van der Waals surface area contributed by atoms with Gasteiger partial charge in [-0.3, -0.25) is 4.79 Å². The lowest BCUT2D eigenvalue weighted by molar-refractivity contribution is -0.134. The van der Waals surface area contributed by atoms with Gasteiger partial charge in [-0.05, 0) is 24.6 Å². The van der Waals surface area contributed by atoms with Crippen molar-refractivity contribution in [3.63, 3.8) is 0 Å². The molecule has 1 aromatic carbocycles. The maximum atomic E-state index is 12.0. The minimum absolute atomic E-state index is 0.131. The fourth-order valence-electron chi connectivity index (χ4n) is 2.12. The lowest BCUT2D eigenvalue weighted by atomic mass is 10.1. The van der Waals surface area contributed by atoms with Crippen molar-refractivity contribution in [1.29, 1.82) is 0 Å². The van der Waals surface area contributed by atoms with Gasteiger partial charge in [-0.2, -0.15) is 0 Å². The second kappa shape index (κ2) is 7.05. The van der Waals surface area contributed by atoms with Crippen molar-refractivity contribution in [3.05, 3.63) is 29.8 Å². The van der Waals surface area contributed by atoms with Crippen LogP contribution in [0.3, 0.4) is 0 Å². The summed E-state index contributed by atoms with van der Waals surface area (Å²) in [5.74, 6) is -0.131. The molecule has 0 spiro atoms. The number of nitrogens with one attached hydrogen (secondary N) is 3. The molecular weight excluding hydrogens is 272 g/mol. The van der Waals surface area contributed by atoms with Crippen LogP contribution in [0.15, 0.2) is 24.3 Å². The van der Waals surface area contributed by atoms with Gasteiger partial charge in [-0.25, -0.2) is 4.79 Å². The third-order valence-corrected chi connectivity index (χ3v) is 3.26. The quantitative estimate of drug-likeness (QED) is 0.642. The molecule has 1 aromatic rings. The number of hydrogen-bond donors (Lipinski definition) is 4. The van der Waals surface area contributed by atoms with Gasteiger partial charge < -0.3 is 26.4 Å². The van der Waals surface area contributed by atoms with E-state index in [2.05, 4.69) is 16.0 Å². The number of anilines is 1. The fraction of sp³-hybridized carbons (Fsp3) is 0.429. The summed E-state index contributed by atoms with van der Waals surface area (Å²) in [4.78, 5) is 22.8. The number of ether oxygens (including phenoxy) is 1. The topological polar surface area (TPSA) is 105 Å². The van der Waals surface area contributed by atoms with E-state index >= 15 is 0 Å². The fourth-order valence-corrected chi connectivity index (χ4v) is 2.12. The molecule has 5 N–H and O–H groups in total. The van der Waals surface area contributed by atoms with E-state index in [9.17, 15) is 9.59 Å². The van der Waals surface area contributed by atoms with Crippen molar-refractivity contribution in [2.45, 2.75) is 19.1 Å². The lowest BCUT2D eigenvalue weighted by Gasteiger charge is -2.24. The van der Waals surface area contributed by atoms with E-state index < -0.39 is 12.1 Å². The summed E-state index contributed by atoms with van der Waals surface area (Å²) in [5, 5.41) is 8.51. The van der Waals surface area contributed by atoms with Gasteiger partial charge in [0.2, 0.25) is 0 Å². The number of primary amides is 1. The molecule has 2 atom stereocenters. The minimum atomic E-state index is -0.606. The van der Waals surface area contributed by atoms with Crippen LogP contribution in [-0.4, -0.2) is 37.7 Å². The zero-order valence-electron chi connectivity index (χ0n) is 11.9. The number of rotatable bonds is 4. The van der Waals surface area contributed by atoms with Crippen molar-refractivity contribution in [2.75, 3.05) is 25.0 Å². The average Bonchev–Trinajstić information content (AvgIpc) is 2.48. The molecule has 2 rings (SSSR count). The Morgan fingerprint density at radius 3 is 2.67 bits per heavy atom. The van der Waals surface area contributed by atoms with Crippen LogP contribution < -0.4 is 21.7 Å². The van der Waals surface area contributed by atoms with Crippen molar-refractivity contribution in [2.24, 2.45) is 5.73 Å². The van der Waals surface area contributed by atoms with E-state index in [0.717, 1.165) is 12.1 Å². The molecule has 7 nitrogen and oxygen atoms in total. The van der Waals surface area contributed by atoms with Crippen LogP contribution in [0, 0.1) is 0 Å².